The fraction of sp³-hybridized carbons (Fsp3) is 0.316. The molecule has 1 aromatic heterocycles. The molecular formula is C19H19O2S2+. The largest absolute Gasteiger partial charge is 0.372 e. The van der Waals surface area contributed by atoms with E-state index in [2.05, 4.69) is 43.3 Å². The van der Waals surface area contributed by atoms with Gasteiger partial charge in [0, 0.05) is 36.6 Å². The third-order valence-corrected chi connectivity index (χ3v) is 8.26. The maximum absolute atomic E-state index is 12.9. The van der Waals surface area contributed by atoms with Crippen molar-refractivity contribution in [1.82, 2.24) is 0 Å². The predicted octanol–water partition coefficient (Wildman–Crippen LogP) is 4.27. The molecule has 0 spiro atoms. The van der Waals surface area contributed by atoms with E-state index in [1.165, 1.54) is 20.2 Å². The topological polar surface area (TPSA) is 26.3 Å². The van der Waals surface area contributed by atoms with Crippen molar-refractivity contribution in [2.45, 2.75) is 12.2 Å². The number of carbonyl (C=O) groups is 1. The summed E-state index contributed by atoms with van der Waals surface area (Å²) in [5.41, 5.74) is 0.854. The molecule has 2 nitrogen and oxygen atoms in total. The number of carbonyl (C=O) groups excluding carboxylic acids is 1. The van der Waals surface area contributed by atoms with Crippen LogP contribution in [0, 0.1) is 0 Å². The van der Waals surface area contributed by atoms with Gasteiger partial charge in [0.2, 0.25) is 5.78 Å². The first-order valence-corrected chi connectivity index (χ1v) is 10.4. The lowest BCUT2D eigenvalue weighted by atomic mass is 10.0. The molecule has 0 saturated carbocycles. The molecule has 0 amide bonds. The highest BCUT2D eigenvalue weighted by molar-refractivity contribution is 7.98. The van der Waals surface area contributed by atoms with Gasteiger partial charge >= 0.3 is 0 Å². The fourth-order valence-corrected chi connectivity index (χ4v) is 6.26. The zero-order chi connectivity index (χ0) is 15.8. The minimum absolute atomic E-state index is 0.0984. The molecule has 1 saturated heterocycles. The summed E-state index contributed by atoms with van der Waals surface area (Å²) in [6, 6.07) is 14.6. The van der Waals surface area contributed by atoms with Gasteiger partial charge in [-0.3, -0.25) is 4.79 Å². The van der Waals surface area contributed by atoms with Crippen LogP contribution in [0.15, 0.2) is 42.5 Å². The van der Waals surface area contributed by atoms with Crippen LogP contribution in [0.3, 0.4) is 0 Å². The lowest BCUT2D eigenvalue weighted by Crippen LogP contribution is -2.38. The molecule has 0 bridgehead atoms. The smallest absolute Gasteiger partial charge is 0.214 e. The van der Waals surface area contributed by atoms with Gasteiger partial charge < -0.3 is 4.74 Å². The molecule has 1 atom stereocenters. The molecule has 1 aliphatic rings. The molecule has 2 aromatic carbocycles. The molecule has 1 unspecified atom stereocenters. The Bertz CT molecular complexity index is 862. The molecule has 3 aromatic rings. The number of hydrogen-bond donors (Lipinski definition) is 0. The summed E-state index contributed by atoms with van der Waals surface area (Å²) in [4.78, 5) is 12.9. The van der Waals surface area contributed by atoms with Crippen LogP contribution < -0.4 is 0 Å². The average molecular weight is 343 g/mol. The maximum atomic E-state index is 12.9. The van der Waals surface area contributed by atoms with Crippen molar-refractivity contribution in [1.29, 1.82) is 0 Å². The summed E-state index contributed by atoms with van der Waals surface area (Å²) < 4.78 is 7.97. The number of thiophene rings is 1. The lowest BCUT2D eigenvalue weighted by Gasteiger charge is -2.19. The first-order valence-electron chi connectivity index (χ1n) is 7.93. The Morgan fingerprint density at radius 1 is 1.09 bits per heavy atom. The highest BCUT2D eigenvalue weighted by atomic mass is 32.2. The van der Waals surface area contributed by atoms with Crippen molar-refractivity contribution >= 4 is 48.2 Å². The molecule has 4 heteroatoms. The molecule has 1 fully saturated rings. The normalized spacial score (nSPS) is 17.6. The van der Waals surface area contributed by atoms with Gasteiger partial charge in [-0.1, -0.05) is 18.2 Å². The van der Waals surface area contributed by atoms with Gasteiger partial charge in [-0.05, 0) is 31.2 Å². The van der Waals surface area contributed by atoms with E-state index in [0.29, 0.717) is 0 Å². The van der Waals surface area contributed by atoms with Crippen molar-refractivity contribution in [3.05, 3.63) is 48.0 Å². The van der Waals surface area contributed by atoms with Crippen LogP contribution in [0.5, 0.6) is 0 Å². The summed E-state index contributed by atoms with van der Waals surface area (Å²) >= 11 is 1.79. The van der Waals surface area contributed by atoms with Crippen LogP contribution in [0.2, 0.25) is 0 Å². The summed E-state index contributed by atoms with van der Waals surface area (Å²) in [5.74, 6) is 2.33. The van der Waals surface area contributed by atoms with Crippen LogP contribution in [0.4, 0.5) is 0 Å². The molecule has 23 heavy (non-hydrogen) atoms. The number of rotatable bonds is 3. The van der Waals surface area contributed by atoms with E-state index in [1.54, 1.807) is 11.3 Å². The molecular weight excluding hydrogens is 324 g/mol. The first-order chi connectivity index (χ1) is 11.2. The zero-order valence-electron chi connectivity index (χ0n) is 13.1. The predicted molar refractivity (Wildman–Crippen MR) is 101 cm³/mol. The van der Waals surface area contributed by atoms with Gasteiger partial charge in [0.25, 0.3) is 0 Å². The van der Waals surface area contributed by atoms with Crippen LogP contribution in [0.25, 0.3) is 20.2 Å². The van der Waals surface area contributed by atoms with Gasteiger partial charge in [0.15, 0.2) is 5.25 Å². The molecule has 0 radical (unpaired) electrons. The Kier molecular flexibility index (Phi) is 4.14. The van der Waals surface area contributed by atoms with Crippen molar-refractivity contribution < 1.29 is 9.53 Å². The number of ketones is 1. The standard InChI is InChI=1S/C19H19O2S2/c1-13(23-10-8-21-9-11-23)19(20)14-6-7-18-16(12-14)15-4-2-3-5-17(15)22-18/h2-7,12-13H,8-11H2,1H3/q+1. The summed E-state index contributed by atoms with van der Waals surface area (Å²) in [6.07, 6.45) is 0. The molecule has 118 valence electrons. The third kappa shape index (κ3) is 2.80. The minimum Gasteiger partial charge on any atom is -0.372 e. The Hall–Kier alpha value is -1.36. The second-order valence-corrected chi connectivity index (χ2v) is 9.56. The first kappa shape index (κ1) is 15.2. The third-order valence-electron chi connectivity index (χ3n) is 4.51. The quantitative estimate of drug-likeness (QED) is 0.524. The summed E-state index contributed by atoms with van der Waals surface area (Å²) in [7, 11) is 0.157. The molecule has 1 aliphatic heterocycles. The molecule has 0 N–H and O–H groups in total. The Morgan fingerprint density at radius 2 is 1.83 bits per heavy atom. The summed E-state index contributed by atoms with van der Waals surface area (Å²) in [6.45, 7) is 3.69. The average Bonchev–Trinajstić information content (AvgIpc) is 2.99. The van der Waals surface area contributed by atoms with Gasteiger partial charge in [-0.15, -0.1) is 11.3 Å². The van der Waals surface area contributed by atoms with E-state index in [-0.39, 0.29) is 21.9 Å². The number of fused-ring (bicyclic) bond motifs is 3. The van der Waals surface area contributed by atoms with Crippen LogP contribution in [-0.4, -0.2) is 35.8 Å². The molecule has 0 aliphatic carbocycles. The van der Waals surface area contributed by atoms with Gasteiger partial charge in [-0.25, -0.2) is 0 Å². The van der Waals surface area contributed by atoms with E-state index in [1.807, 2.05) is 6.07 Å². The Balaban J connectivity index is 1.70. The van der Waals surface area contributed by atoms with Gasteiger partial charge in [0.1, 0.15) is 11.5 Å². The molecule has 4 rings (SSSR count). The Labute approximate surface area is 142 Å². The highest BCUT2D eigenvalue weighted by Gasteiger charge is 2.34. The highest BCUT2D eigenvalue weighted by Crippen LogP contribution is 2.34. The Morgan fingerprint density at radius 3 is 2.65 bits per heavy atom. The summed E-state index contributed by atoms with van der Waals surface area (Å²) in [5, 5.41) is 2.56. The maximum Gasteiger partial charge on any atom is 0.214 e. The second-order valence-electron chi connectivity index (χ2n) is 5.87. The number of benzene rings is 2. The SMILES string of the molecule is CC(C(=O)c1ccc2sc3ccccc3c2c1)[S+]1CCOCC1. The minimum atomic E-state index is 0.0984. The van der Waals surface area contributed by atoms with Gasteiger partial charge in [-0.2, -0.15) is 0 Å². The van der Waals surface area contributed by atoms with E-state index in [4.69, 9.17) is 4.74 Å². The van der Waals surface area contributed by atoms with Crippen LogP contribution in [-0.2, 0) is 15.6 Å². The monoisotopic (exact) mass is 343 g/mol. The molecule has 2 heterocycles. The van der Waals surface area contributed by atoms with E-state index >= 15 is 0 Å². The van der Waals surface area contributed by atoms with Crippen LogP contribution >= 0.6 is 11.3 Å². The van der Waals surface area contributed by atoms with Crippen LogP contribution in [0.1, 0.15) is 17.3 Å². The van der Waals surface area contributed by atoms with Crippen molar-refractivity contribution in [2.75, 3.05) is 24.7 Å². The van der Waals surface area contributed by atoms with Gasteiger partial charge in [0.05, 0.1) is 13.2 Å². The number of hydrogen-bond acceptors (Lipinski definition) is 3. The second kappa shape index (κ2) is 6.27. The lowest BCUT2D eigenvalue weighted by molar-refractivity contribution is 0.0991. The van der Waals surface area contributed by atoms with Crippen molar-refractivity contribution in [2.24, 2.45) is 0 Å². The fourth-order valence-electron chi connectivity index (χ4n) is 3.16. The van der Waals surface area contributed by atoms with E-state index < -0.39 is 0 Å². The van der Waals surface area contributed by atoms with Crippen molar-refractivity contribution in [3.8, 4) is 0 Å². The van der Waals surface area contributed by atoms with E-state index in [9.17, 15) is 4.79 Å². The van der Waals surface area contributed by atoms with Crippen molar-refractivity contribution in [3.63, 3.8) is 0 Å². The van der Waals surface area contributed by atoms with E-state index in [0.717, 1.165) is 30.3 Å². The number of ether oxygens (including phenoxy) is 1. The number of Topliss-reactive ketones (excluding diaryl/α,β-unsaturated/α-hetero) is 1. The zero-order valence-corrected chi connectivity index (χ0v) is 14.7.